The molecule has 0 radical (unpaired) electrons. The Balaban J connectivity index is 1.40. The summed E-state index contributed by atoms with van der Waals surface area (Å²) in [6.07, 6.45) is 0. The molecule has 7 nitrogen and oxygen atoms in total. The number of anilines is 1. The molecule has 0 bridgehead atoms. The van der Waals surface area contributed by atoms with Gasteiger partial charge in [-0.1, -0.05) is 17.8 Å². The number of aryl methyl sites for hydroxylation is 2. The van der Waals surface area contributed by atoms with Gasteiger partial charge in [0.15, 0.2) is 0 Å². The summed E-state index contributed by atoms with van der Waals surface area (Å²) in [7, 11) is 3.23. The van der Waals surface area contributed by atoms with Crippen molar-refractivity contribution in [2.45, 2.75) is 18.9 Å². The van der Waals surface area contributed by atoms with Gasteiger partial charge >= 0.3 is 0 Å². The molecule has 0 spiro atoms. The highest BCUT2D eigenvalue weighted by Crippen LogP contribution is 2.35. The average molecular weight is 493 g/mol. The van der Waals surface area contributed by atoms with E-state index in [0.717, 1.165) is 38.1 Å². The second-order valence-electron chi connectivity index (χ2n) is 7.46. The maximum atomic E-state index is 12.4. The molecule has 2 aromatic carbocycles. The lowest BCUT2D eigenvalue weighted by atomic mass is 10.2. The van der Waals surface area contributed by atoms with Gasteiger partial charge in [0.05, 0.1) is 36.2 Å². The molecule has 0 unspecified atom stereocenters. The van der Waals surface area contributed by atoms with Crippen LogP contribution in [-0.2, 0) is 4.79 Å². The largest absolute Gasteiger partial charge is 0.497 e. The quantitative estimate of drug-likeness (QED) is 0.319. The Morgan fingerprint density at radius 3 is 2.47 bits per heavy atom. The van der Waals surface area contributed by atoms with Gasteiger partial charge in [0.1, 0.15) is 27.2 Å². The molecule has 0 fully saturated rings. The monoisotopic (exact) mass is 492 g/mol. The predicted molar refractivity (Wildman–Crippen MR) is 137 cm³/mol. The Morgan fingerprint density at radius 1 is 1.00 bits per heavy atom. The zero-order valence-corrected chi connectivity index (χ0v) is 20.9. The molecule has 174 valence electrons. The van der Waals surface area contributed by atoms with Gasteiger partial charge in [-0.15, -0.1) is 21.5 Å². The van der Waals surface area contributed by atoms with Crippen molar-refractivity contribution in [3.05, 3.63) is 65.9 Å². The van der Waals surface area contributed by atoms with E-state index in [0.29, 0.717) is 16.5 Å². The van der Waals surface area contributed by atoms with Crippen LogP contribution < -0.4 is 14.8 Å². The van der Waals surface area contributed by atoms with E-state index in [1.165, 1.54) is 11.8 Å². The first-order chi connectivity index (χ1) is 16.5. The zero-order chi connectivity index (χ0) is 24.1. The van der Waals surface area contributed by atoms with Crippen molar-refractivity contribution < 1.29 is 14.3 Å². The summed E-state index contributed by atoms with van der Waals surface area (Å²) < 4.78 is 10.5. The van der Waals surface area contributed by atoms with Gasteiger partial charge in [-0.05, 0) is 67.9 Å². The average Bonchev–Trinajstić information content (AvgIpc) is 3.25. The minimum absolute atomic E-state index is 0.137. The van der Waals surface area contributed by atoms with E-state index in [4.69, 9.17) is 14.5 Å². The Hall–Kier alpha value is -3.43. The number of hydrogen-bond acceptors (Lipinski definition) is 8. The lowest BCUT2D eigenvalue weighted by Gasteiger charge is -2.10. The van der Waals surface area contributed by atoms with E-state index >= 15 is 0 Å². The maximum absolute atomic E-state index is 12.4. The van der Waals surface area contributed by atoms with E-state index in [1.807, 2.05) is 68.4 Å². The molecule has 0 aliphatic carbocycles. The molecule has 2 heterocycles. The number of amides is 1. The molecule has 4 aromatic rings. The number of carbonyl (C=O) groups is 1. The molecule has 0 aliphatic rings. The minimum atomic E-state index is -0.137. The molecule has 0 atom stereocenters. The summed E-state index contributed by atoms with van der Waals surface area (Å²) in [5.41, 5.74) is 4.38. The van der Waals surface area contributed by atoms with Gasteiger partial charge in [-0.3, -0.25) is 4.79 Å². The van der Waals surface area contributed by atoms with Crippen LogP contribution in [0.15, 0.2) is 59.6 Å². The number of thioether (sulfide) groups is 1. The van der Waals surface area contributed by atoms with Crippen LogP contribution >= 0.6 is 23.1 Å². The molecule has 0 aliphatic heterocycles. The van der Waals surface area contributed by atoms with Gasteiger partial charge in [0, 0.05) is 5.56 Å². The predicted octanol–water partition coefficient (Wildman–Crippen LogP) is 5.63. The fraction of sp³-hybridized carbons (Fsp3) is 0.200. The van der Waals surface area contributed by atoms with Gasteiger partial charge in [-0.2, -0.15) is 0 Å². The van der Waals surface area contributed by atoms with E-state index in [-0.39, 0.29) is 11.7 Å². The molecule has 9 heteroatoms. The lowest BCUT2D eigenvalue weighted by Crippen LogP contribution is -2.15. The van der Waals surface area contributed by atoms with Crippen molar-refractivity contribution in [1.82, 2.24) is 15.2 Å². The number of benzene rings is 2. The van der Waals surface area contributed by atoms with Crippen molar-refractivity contribution in [2.75, 3.05) is 25.3 Å². The Morgan fingerprint density at radius 2 is 1.79 bits per heavy atom. The standard InChI is InChI=1S/C25H24N4O3S2/c1-15-5-11-21(32-4)20(13-15)27-22(30)14-33-23-12-10-19(28-29-23)24-16(2)26-25(34-24)17-6-8-18(31-3)9-7-17/h5-13H,14H2,1-4H3,(H,27,30). The highest BCUT2D eigenvalue weighted by atomic mass is 32.2. The summed E-state index contributed by atoms with van der Waals surface area (Å²) in [6.45, 7) is 3.93. The number of nitrogens with one attached hydrogen (secondary N) is 1. The summed E-state index contributed by atoms with van der Waals surface area (Å²) in [4.78, 5) is 18.1. The second-order valence-corrected chi connectivity index (χ2v) is 9.45. The Kier molecular flexibility index (Phi) is 7.44. The van der Waals surface area contributed by atoms with E-state index in [2.05, 4.69) is 15.5 Å². The van der Waals surface area contributed by atoms with Gasteiger partial charge < -0.3 is 14.8 Å². The number of methoxy groups -OCH3 is 2. The maximum Gasteiger partial charge on any atom is 0.234 e. The van der Waals surface area contributed by atoms with Crippen LogP contribution in [-0.4, -0.2) is 41.1 Å². The normalized spacial score (nSPS) is 10.7. The van der Waals surface area contributed by atoms with Crippen molar-refractivity contribution in [3.63, 3.8) is 0 Å². The highest BCUT2D eigenvalue weighted by Gasteiger charge is 2.14. The van der Waals surface area contributed by atoms with Crippen molar-refractivity contribution in [1.29, 1.82) is 0 Å². The first-order valence-electron chi connectivity index (χ1n) is 10.5. The van der Waals surface area contributed by atoms with Crippen LogP contribution in [0.4, 0.5) is 5.69 Å². The van der Waals surface area contributed by atoms with Crippen LogP contribution in [0.1, 0.15) is 11.3 Å². The number of nitrogens with zero attached hydrogens (tertiary/aromatic N) is 3. The van der Waals surface area contributed by atoms with Crippen LogP contribution in [0.3, 0.4) is 0 Å². The van der Waals surface area contributed by atoms with Crippen LogP contribution in [0.2, 0.25) is 0 Å². The highest BCUT2D eigenvalue weighted by molar-refractivity contribution is 7.99. The smallest absolute Gasteiger partial charge is 0.234 e. The third kappa shape index (κ3) is 5.55. The zero-order valence-electron chi connectivity index (χ0n) is 19.3. The van der Waals surface area contributed by atoms with Crippen LogP contribution in [0.25, 0.3) is 21.1 Å². The lowest BCUT2D eigenvalue weighted by molar-refractivity contribution is -0.113. The summed E-state index contributed by atoms with van der Waals surface area (Å²) in [5.74, 6) is 1.51. The summed E-state index contributed by atoms with van der Waals surface area (Å²) in [6, 6.07) is 17.3. The molecule has 1 amide bonds. The molecular weight excluding hydrogens is 468 g/mol. The Bertz CT molecular complexity index is 1290. The molecule has 1 N–H and O–H groups in total. The van der Waals surface area contributed by atoms with E-state index in [1.54, 1.807) is 25.6 Å². The summed E-state index contributed by atoms with van der Waals surface area (Å²) >= 11 is 2.90. The van der Waals surface area contributed by atoms with Crippen LogP contribution in [0, 0.1) is 13.8 Å². The van der Waals surface area contributed by atoms with Gasteiger partial charge in [0.2, 0.25) is 5.91 Å². The van der Waals surface area contributed by atoms with Gasteiger partial charge in [-0.25, -0.2) is 4.98 Å². The molecule has 2 aromatic heterocycles. The third-order valence-corrected chi connectivity index (χ3v) is 7.14. The second kappa shape index (κ2) is 10.7. The Labute approximate surface area is 206 Å². The van der Waals surface area contributed by atoms with E-state index < -0.39 is 0 Å². The molecule has 0 saturated carbocycles. The van der Waals surface area contributed by atoms with Crippen molar-refractivity contribution >= 4 is 34.7 Å². The number of carbonyl (C=O) groups excluding carboxylic acids is 1. The fourth-order valence-corrected chi connectivity index (χ4v) is 4.91. The SMILES string of the molecule is COc1ccc(-c2nc(C)c(-c3ccc(SCC(=O)Nc4cc(C)ccc4OC)nn3)s2)cc1. The first-order valence-corrected chi connectivity index (χ1v) is 12.3. The summed E-state index contributed by atoms with van der Waals surface area (Å²) in [5, 5.41) is 13.2. The van der Waals surface area contributed by atoms with Crippen LogP contribution in [0.5, 0.6) is 11.5 Å². The van der Waals surface area contributed by atoms with E-state index in [9.17, 15) is 4.79 Å². The molecule has 0 saturated heterocycles. The van der Waals surface area contributed by atoms with Gasteiger partial charge in [0.25, 0.3) is 0 Å². The topological polar surface area (TPSA) is 86.2 Å². The third-order valence-electron chi connectivity index (χ3n) is 4.99. The number of rotatable bonds is 8. The molecular formula is C25H24N4O3S2. The minimum Gasteiger partial charge on any atom is -0.497 e. The number of hydrogen-bond donors (Lipinski definition) is 1. The number of thiazole rings is 1. The first kappa shape index (κ1) is 23.7. The number of ether oxygens (including phenoxy) is 2. The molecule has 34 heavy (non-hydrogen) atoms. The van der Waals surface area contributed by atoms with Crippen molar-refractivity contribution in [3.8, 4) is 32.6 Å². The molecule has 4 rings (SSSR count). The van der Waals surface area contributed by atoms with Crippen molar-refractivity contribution in [2.24, 2.45) is 0 Å². The number of aromatic nitrogens is 3. The fourth-order valence-electron chi connectivity index (χ4n) is 3.25.